The Bertz CT molecular complexity index is 1200. The second kappa shape index (κ2) is 8.60. The summed E-state index contributed by atoms with van der Waals surface area (Å²) in [6, 6.07) is 14.4. The summed E-state index contributed by atoms with van der Waals surface area (Å²) in [5.41, 5.74) is 1.89. The van der Waals surface area contributed by atoms with E-state index in [0.29, 0.717) is 47.5 Å². The monoisotopic (exact) mass is 463 g/mol. The van der Waals surface area contributed by atoms with E-state index >= 15 is 0 Å². The molecule has 0 atom stereocenters. The van der Waals surface area contributed by atoms with Crippen LogP contribution in [-0.4, -0.2) is 58.1 Å². The van der Waals surface area contributed by atoms with Gasteiger partial charge in [-0.2, -0.15) is 9.40 Å². The first-order valence-corrected chi connectivity index (χ1v) is 11.8. The van der Waals surface area contributed by atoms with Gasteiger partial charge in [-0.1, -0.05) is 35.4 Å². The van der Waals surface area contributed by atoms with Crippen LogP contribution in [0.15, 0.2) is 59.8 Å². The summed E-state index contributed by atoms with van der Waals surface area (Å²) < 4.78 is 31.4. The summed E-state index contributed by atoms with van der Waals surface area (Å²) in [5.74, 6) is 0. The van der Waals surface area contributed by atoms with E-state index in [1.807, 2.05) is 43.3 Å². The van der Waals surface area contributed by atoms with Gasteiger partial charge in [-0.05, 0) is 49.5 Å². The second-order valence-corrected chi connectivity index (χ2v) is 9.98. The zero-order chi connectivity index (χ0) is 21.3. The molecule has 7 nitrogen and oxygen atoms in total. The summed E-state index contributed by atoms with van der Waals surface area (Å²) in [6.45, 7) is 4.52. The molecule has 30 heavy (non-hydrogen) atoms. The highest BCUT2D eigenvalue weighted by Crippen LogP contribution is 2.19. The van der Waals surface area contributed by atoms with Gasteiger partial charge in [-0.3, -0.25) is 9.47 Å². The topological polar surface area (TPSA) is 63.4 Å². The van der Waals surface area contributed by atoms with Crippen molar-refractivity contribution in [1.82, 2.24) is 23.6 Å². The van der Waals surface area contributed by atoms with Crippen molar-refractivity contribution in [3.8, 4) is 5.69 Å². The molecule has 0 N–H and O–H groups in total. The van der Waals surface area contributed by atoms with E-state index in [2.05, 4.69) is 10.00 Å². The first-order chi connectivity index (χ1) is 14.3. The van der Waals surface area contributed by atoms with Gasteiger partial charge in [-0.15, -0.1) is 0 Å². The van der Waals surface area contributed by atoms with Gasteiger partial charge < -0.3 is 0 Å². The van der Waals surface area contributed by atoms with Crippen LogP contribution in [0.5, 0.6) is 0 Å². The van der Waals surface area contributed by atoms with Gasteiger partial charge in [0.25, 0.3) is 0 Å². The SMILES string of the molecule is Cc1ccc(S(=O)(=O)N2CCN(Cn3ncn(-c4cccc(Cl)c4)c3=S)CC2)cc1. The second-order valence-electron chi connectivity index (χ2n) is 7.24. The van der Waals surface area contributed by atoms with Gasteiger partial charge in [0.2, 0.25) is 14.8 Å². The first kappa shape index (κ1) is 21.2. The third kappa shape index (κ3) is 4.35. The van der Waals surface area contributed by atoms with Crippen LogP contribution in [0, 0.1) is 11.7 Å². The van der Waals surface area contributed by atoms with Crippen molar-refractivity contribution < 1.29 is 8.42 Å². The van der Waals surface area contributed by atoms with Crippen molar-refractivity contribution in [3.63, 3.8) is 0 Å². The highest BCUT2D eigenvalue weighted by atomic mass is 35.5. The molecule has 158 valence electrons. The van der Waals surface area contributed by atoms with Crippen LogP contribution in [0.1, 0.15) is 5.56 Å². The minimum atomic E-state index is -3.47. The number of aryl methyl sites for hydroxylation is 1. The van der Waals surface area contributed by atoms with Crippen LogP contribution in [-0.2, 0) is 16.7 Å². The molecule has 0 unspecified atom stereocenters. The standard InChI is InChI=1S/C20H22ClN5O2S2/c1-16-5-7-19(8-6-16)30(27,28)24-11-9-23(10-12-24)15-26-20(29)25(14-22-26)18-4-2-3-17(21)13-18/h2-8,13-14H,9-12,15H2,1H3. The van der Waals surface area contributed by atoms with Crippen molar-refractivity contribution in [1.29, 1.82) is 0 Å². The van der Waals surface area contributed by atoms with Gasteiger partial charge in [0.1, 0.15) is 6.33 Å². The molecule has 0 saturated carbocycles. The van der Waals surface area contributed by atoms with Crippen LogP contribution in [0.4, 0.5) is 0 Å². The van der Waals surface area contributed by atoms with Crippen molar-refractivity contribution in [2.45, 2.75) is 18.5 Å². The number of hydrogen-bond donors (Lipinski definition) is 0. The molecule has 1 aromatic heterocycles. The van der Waals surface area contributed by atoms with Crippen LogP contribution in [0.3, 0.4) is 0 Å². The minimum Gasteiger partial charge on any atom is -0.282 e. The molecule has 0 radical (unpaired) electrons. The molecule has 0 amide bonds. The Labute approximate surface area is 186 Å². The molecule has 10 heteroatoms. The Morgan fingerprint density at radius 3 is 2.43 bits per heavy atom. The maximum atomic E-state index is 12.9. The number of rotatable bonds is 5. The van der Waals surface area contributed by atoms with Crippen LogP contribution in [0.2, 0.25) is 5.02 Å². The van der Waals surface area contributed by atoms with Gasteiger partial charge >= 0.3 is 0 Å². The fourth-order valence-corrected chi connectivity index (χ4v) is 5.26. The average Bonchev–Trinajstić information content (AvgIpc) is 3.09. The lowest BCUT2D eigenvalue weighted by atomic mass is 10.2. The Balaban J connectivity index is 1.42. The predicted octanol–water partition coefficient (Wildman–Crippen LogP) is 3.33. The van der Waals surface area contributed by atoms with E-state index in [1.165, 1.54) is 4.31 Å². The minimum absolute atomic E-state index is 0.337. The van der Waals surface area contributed by atoms with Crippen molar-refractivity contribution in [2.75, 3.05) is 26.2 Å². The number of aromatic nitrogens is 3. The molecule has 4 rings (SSSR count). The summed E-state index contributed by atoms with van der Waals surface area (Å²) >= 11 is 11.6. The Morgan fingerprint density at radius 2 is 1.77 bits per heavy atom. The largest absolute Gasteiger partial charge is 0.282 e. The molecule has 1 aliphatic heterocycles. The molecule has 1 saturated heterocycles. The normalized spacial score (nSPS) is 16.1. The molecule has 2 aromatic carbocycles. The quantitative estimate of drug-likeness (QED) is 0.543. The van der Waals surface area contributed by atoms with Gasteiger partial charge in [0.15, 0.2) is 0 Å². The van der Waals surface area contributed by atoms with Gasteiger partial charge in [0.05, 0.1) is 17.3 Å². The number of sulfonamides is 1. The summed E-state index contributed by atoms with van der Waals surface area (Å²) in [6.07, 6.45) is 1.67. The maximum Gasteiger partial charge on any atom is 0.243 e. The Hall–Kier alpha value is -2.04. The predicted molar refractivity (Wildman–Crippen MR) is 119 cm³/mol. The zero-order valence-corrected chi connectivity index (χ0v) is 18.9. The Morgan fingerprint density at radius 1 is 1.07 bits per heavy atom. The van der Waals surface area contributed by atoms with Crippen molar-refractivity contribution >= 4 is 33.8 Å². The van der Waals surface area contributed by atoms with E-state index in [9.17, 15) is 8.42 Å². The average molecular weight is 464 g/mol. The molecule has 2 heterocycles. The molecular weight excluding hydrogens is 442 g/mol. The highest BCUT2D eigenvalue weighted by molar-refractivity contribution is 7.89. The number of nitrogens with zero attached hydrogens (tertiary/aromatic N) is 5. The summed E-state index contributed by atoms with van der Waals surface area (Å²) in [7, 11) is -3.47. The maximum absolute atomic E-state index is 12.9. The summed E-state index contributed by atoms with van der Waals surface area (Å²) in [5, 5.41) is 5.03. The van der Waals surface area contributed by atoms with Crippen molar-refractivity contribution in [2.24, 2.45) is 0 Å². The van der Waals surface area contributed by atoms with E-state index in [1.54, 1.807) is 27.7 Å². The van der Waals surface area contributed by atoms with E-state index in [-0.39, 0.29) is 0 Å². The van der Waals surface area contributed by atoms with E-state index in [4.69, 9.17) is 23.8 Å². The molecular formula is C20H22ClN5O2S2. The fraction of sp³-hybridized carbons (Fsp3) is 0.300. The van der Waals surface area contributed by atoms with Crippen molar-refractivity contribution in [3.05, 3.63) is 70.2 Å². The lowest BCUT2D eigenvalue weighted by Crippen LogP contribution is -2.48. The molecule has 1 fully saturated rings. The third-order valence-electron chi connectivity index (χ3n) is 5.14. The first-order valence-electron chi connectivity index (χ1n) is 9.54. The molecule has 0 aliphatic carbocycles. The third-order valence-corrected chi connectivity index (χ3v) is 7.70. The number of piperazine rings is 1. The zero-order valence-electron chi connectivity index (χ0n) is 16.5. The molecule has 1 aliphatic rings. The lowest BCUT2D eigenvalue weighted by molar-refractivity contribution is 0.144. The number of benzene rings is 2. The lowest BCUT2D eigenvalue weighted by Gasteiger charge is -2.33. The van der Waals surface area contributed by atoms with Gasteiger partial charge in [0, 0.05) is 31.2 Å². The highest BCUT2D eigenvalue weighted by Gasteiger charge is 2.28. The van der Waals surface area contributed by atoms with Crippen LogP contribution < -0.4 is 0 Å². The fourth-order valence-electron chi connectivity index (χ4n) is 3.40. The van der Waals surface area contributed by atoms with Gasteiger partial charge in [-0.25, -0.2) is 13.1 Å². The number of halogens is 1. The molecule has 0 bridgehead atoms. The smallest absolute Gasteiger partial charge is 0.243 e. The Kier molecular flexibility index (Phi) is 6.08. The number of hydrogen-bond acceptors (Lipinski definition) is 5. The summed E-state index contributed by atoms with van der Waals surface area (Å²) in [4.78, 5) is 2.48. The van der Waals surface area contributed by atoms with E-state index in [0.717, 1.165) is 11.3 Å². The van der Waals surface area contributed by atoms with E-state index < -0.39 is 10.0 Å². The van der Waals surface area contributed by atoms with Crippen LogP contribution in [0.25, 0.3) is 5.69 Å². The molecule has 3 aromatic rings. The molecule has 0 spiro atoms. The van der Waals surface area contributed by atoms with Crippen LogP contribution >= 0.6 is 23.8 Å².